The molecule has 0 spiro atoms. The fraction of sp³-hybridized carbons (Fsp3) is 0.364. The second-order valence-corrected chi connectivity index (χ2v) is 5.33. The summed E-state index contributed by atoms with van der Waals surface area (Å²) in [6.07, 6.45) is 2.33. The normalized spacial score (nSPS) is 12.1. The van der Waals surface area contributed by atoms with Crippen molar-refractivity contribution in [3.63, 3.8) is 0 Å². The van der Waals surface area contributed by atoms with Gasteiger partial charge in [0.2, 0.25) is 0 Å². The maximum absolute atomic E-state index is 11.7. The third-order valence-corrected chi connectivity index (χ3v) is 3.00. The molecule has 0 aromatic heterocycles. The molecule has 0 bridgehead atoms. The van der Waals surface area contributed by atoms with Crippen molar-refractivity contribution in [3.8, 4) is 0 Å². The molecule has 1 aromatic rings. The van der Waals surface area contributed by atoms with E-state index >= 15 is 0 Å². The topological polar surface area (TPSA) is 98.2 Å². The first-order valence-corrected chi connectivity index (χ1v) is 6.96. The van der Waals surface area contributed by atoms with Crippen LogP contribution >= 0.6 is 0 Å². The van der Waals surface area contributed by atoms with Crippen LogP contribution in [0.3, 0.4) is 0 Å². The number of carbonyl (C=O) groups is 1. The Morgan fingerprint density at radius 2 is 1.88 bits per heavy atom. The summed E-state index contributed by atoms with van der Waals surface area (Å²) in [5, 5.41) is 2.72. The quantitative estimate of drug-likeness (QED) is 0.522. The number of anilines is 2. The lowest BCUT2D eigenvalue weighted by atomic mass is 10.1. The van der Waals surface area contributed by atoms with Crippen LogP contribution in [-0.4, -0.2) is 28.7 Å². The SMILES string of the molecule is CS(=O)CCCNC(=O)c1cc(N)cc(N)c1. The molecule has 1 rings (SSSR count). The van der Waals surface area contributed by atoms with Gasteiger partial charge in [-0.15, -0.1) is 0 Å². The number of nitrogen functional groups attached to an aromatic ring is 2. The van der Waals surface area contributed by atoms with E-state index in [0.29, 0.717) is 35.7 Å². The van der Waals surface area contributed by atoms with Crippen LogP contribution in [0.15, 0.2) is 18.2 Å². The van der Waals surface area contributed by atoms with E-state index < -0.39 is 10.8 Å². The Hall–Kier alpha value is -1.56. The highest BCUT2D eigenvalue weighted by Crippen LogP contribution is 2.13. The van der Waals surface area contributed by atoms with Crippen LogP contribution in [0.25, 0.3) is 0 Å². The summed E-state index contributed by atoms with van der Waals surface area (Å²) in [5.74, 6) is 0.366. The molecule has 1 atom stereocenters. The number of nitrogens with two attached hydrogens (primary N) is 2. The van der Waals surface area contributed by atoms with E-state index in [1.165, 1.54) is 0 Å². The summed E-state index contributed by atoms with van der Waals surface area (Å²) in [5.41, 5.74) is 12.6. The Balaban J connectivity index is 2.49. The van der Waals surface area contributed by atoms with Gasteiger partial charge in [-0.25, -0.2) is 0 Å². The molecule has 0 fully saturated rings. The lowest BCUT2D eigenvalue weighted by Crippen LogP contribution is -2.25. The molecule has 17 heavy (non-hydrogen) atoms. The Bertz CT molecular complexity index is 414. The standard InChI is InChI=1S/C11H17N3O2S/c1-17(16)4-2-3-14-11(15)8-5-9(12)7-10(13)6-8/h5-7H,2-4,12-13H2,1H3,(H,14,15). The lowest BCUT2D eigenvalue weighted by Gasteiger charge is -2.06. The molecule has 94 valence electrons. The van der Waals surface area contributed by atoms with Crippen LogP contribution in [0.5, 0.6) is 0 Å². The van der Waals surface area contributed by atoms with Crippen molar-refractivity contribution in [2.75, 3.05) is 30.0 Å². The molecule has 5 nitrogen and oxygen atoms in total. The molecule has 0 saturated carbocycles. The average molecular weight is 255 g/mol. The zero-order valence-corrected chi connectivity index (χ0v) is 10.5. The minimum absolute atomic E-state index is 0.217. The molecule has 0 heterocycles. The zero-order chi connectivity index (χ0) is 12.8. The summed E-state index contributed by atoms with van der Waals surface area (Å²) in [7, 11) is -0.823. The van der Waals surface area contributed by atoms with Crippen LogP contribution < -0.4 is 16.8 Å². The van der Waals surface area contributed by atoms with Crippen molar-refractivity contribution in [1.29, 1.82) is 0 Å². The minimum Gasteiger partial charge on any atom is -0.399 e. The van der Waals surface area contributed by atoms with Crippen molar-refractivity contribution in [2.45, 2.75) is 6.42 Å². The molecular weight excluding hydrogens is 238 g/mol. The summed E-state index contributed by atoms with van der Waals surface area (Å²) in [6, 6.07) is 4.74. The number of carbonyl (C=O) groups excluding carboxylic acids is 1. The highest BCUT2D eigenvalue weighted by Gasteiger charge is 2.06. The number of hydrogen-bond donors (Lipinski definition) is 3. The van der Waals surface area contributed by atoms with Crippen LogP contribution in [-0.2, 0) is 10.8 Å². The van der Waals surface area contributed by atoms with Crippen LogP contribution in [0.1, 0.15) is 16.8 Å². The Morgan fingerprint density at radius 1 is 1.29 bits per heavy atom. The van der Waals surface area contributed by atoms with E-state index in [9.17, 15) is 9.00 Å². The first kappa shape index (κ1) is 13.5. The van der Waals surface area contributed by atoms with E-state index in [0.717, 1.165) is 0 Å². The second kappa shape index (κ2) is 6.24. The van der Waals surface area contributed by atoms with Gasteiger partial charge in [-0.05, 0) is 24.6 Å². The van der Waals surface area contributed by atoms with Crippen molar-refractivity contribution < 1.29 is 9.00 Å². The number of benzene rings is 1. The van der Waals surface area contributed by atoms with Gasteiger partial charge >= 0.3 is 0 Å². The van der Waals surface area contributed by atoms with Gasteiger partial charge in [-0.2, -0.15) is 0 Å². The summed E-state index contributed by atoms with van der Waals surface area (Å²) in [6.45, 7) is 0.493. The van der Waals surface area contributed by atoms with E-state index in [1.807, 2.05) is 0 Å². The number of hydrogen-bond acceptors (Lipinski definition) is 4. The molecule has 0 saturated heterocycles. The Morgan fingerprint density at radius 3 is 2.41 bits per heavy atom. The van der Waals surface area contributed by atoms with Gasteiger partial charge < -0.3 is 16.8 Å². The molecule has 0 aliphatic rings. The Kier molecular flexibility index (Phi) is 4.96. The van der Waals surface area contributed by atoms with Gasteiger partial charge in [0.15, 0.2) is 0 Å². The summed E-state index contributed by atoms with van der Waals surface area (Å²) in [4.78, 5) is 11.7. The molecule has 5 N–H and O–H groups in total. The van der Waals surface area contributed by atoms with Gasteiger partial charge in [-0.3, -0.25) is 9.00 Å². The Labute approximate surface area is 103 Å². The van der Waals surface area contributed by atoms with Crippen molar-refractivity contribution in [2.24, 2.45) is 0 Å². The third kappa shape index (κ3) is 4.86. The smallest absolute Gasteiger partial charge is 0.251 e. The maximum atomic E-state index is 11.7. The monoisotopic (exact) mass is 255 g/mol. The predicted octanol–water partition coefficient (Wildman–Crippen LogP) is 0.349. The van der Waals surface area contributed by atoms with E-state index in [4.69, 9.17) is 11.5 Å². The zero-order valence-electron chi connectivity index (χ0n) is 9.73. The van der Waals surface area contributed by atoms with Crippen molar-refractivity contribution >= 4 is 28.1 Å². The van der Waals surface area contributed by atoms with Crippen LogP contribution in [0.2, 0.25) is 0 Å². The van der Waals surface area contributed by atoms with Gasteiger partial charge in [0, 0.05) is 46.3 Å². The number of amides is 1. The molecule has 6 heteroatoms. The van der Waals surface area contributed by atoms with Gasteiger partial charge in [0.25, 0.3) is 5.91 Å². The van der Waals surface area contributed by atoms with Crippen LogP contribution in [0, 0.1) is 0 Å². The largest absolute Gasteiger partial charge is 0.399 e. The highest BCUT2D eigenvalue weighted by molar-refractivity contribution is 7.84. The van der Waals surface area contributed by atoms with Gasteiger partial charge in [-0.1, -0.05) is 0 Å². The first-order valence-electron chi connectivity index (χ1n) is 5.23. The summed E-state index contributed by atoms with van der Waals surface area (Å²) < 4.78 is 10.8. The van der Waals surface area contributed by atoms with Crippen molar-refractivity contribution in [1.82, 2.24) is 5.32 Å². The fourth-order valence-corrected chi connectivity index (χ4v) is 1.94. The molecule has 1 aromatic carbocycles. The predicted molar refractivity (Wildman–Crippen MR) is 71.2 cm³/mol. The second-order valence-electron chi connectivity index (χ2n) is 3.78. The van der Waals surface area contributed by atoms with E-state index in [2.05, 4.69) is 5.32 Å². The minimum atomic E-state index is -0.823. The molecular formula is C11H17N3O2S. The lowest BCUT2D eigenvalue weighted by molar-refractivity contribution is 0.0954. The molecule has 1 unspecified atom stereocenters. The number of rotatable bonds is 5. The van der Waals surface area contributed by atoms with E-state index in [-0.39, 0.29) is 5.91 Å². The molecule has 1 amide bonds. The molecule has 0 aliphatic carbocycles. The first-order chi connectivity index (χ1) is 7.99. The average Bonchev–Trinajstić information content (AvgIpc) is 2.22. The third-order valence-electron chi connectivity index (χ3n) is 2.13. The number of nitrogens with one attached hydrogen (secondary N) is 1. The van der Waals surface area contributed by atoms with Gasteiger partial charge in [0.1, 0.15) is 0 Å². The van der Waals surface area contributed by atoms with Crippen molar-refractivity contribution in [3.05, 3.63) is 23.8 Å². The molecule has 0 aliphatic heterocycles. The van der Waals surface area contributed by atoms with Crippen LogP contribution in [0.4, 0.5) is 11.4 Å². The highest BCUT2D eigenvalue weighted by atomic mass is 32.2. The van der Waals surface area contributed by atoms with E-state index in [1.54, 1.807) is 24.5 Å². The summed E-state index contributed by atoms with van der Waals surface area (Å²) >= 11 is 0. The maximum Gasteiger partial charge on any atom is 0.251 e. The fourth-order valence-electron chi connectivity index (χ4n) is 1.39. The van der Waals surface area contributed by atoms with Gasteiger partial charge in [0.05, 0.1) is 0 Å². The molecule has 0 radical (unpaired) electrons.